The lowest BCUT2D eigenvalue weighted by atomic mass is 10.0. The SMILES string of the molecule is COc1ccc(NC(=O)C2(C(=O)Nc3cccc(Cl)c3C)CC2)cc1OC. The summed E-state index contributed by atoms with van der Waals surface area (Å²) in [5, 5.41) is 6.20. The Balaban J connectivity index is 1.74. The Morgan fingerprint density at radius 1 is 1.00 bits per heavy atom. The van der Waals surface area contributed by atoms with E-state index >= 15 is 0 Å². The van der Waals surface area contributed by atoms with E-state index in [0.717, 1.165) is 5.56 Å². The highest BCUT2D eigenvalue weighted by Gasteiger charge is 2.56. The van der Waals surface area contributed by atoms with Crippen LogP contribution in [0.4, 0.5) is 11.4 Å². The Kier molecular flexibility index (Phi) is 5.28. The van der Waals surface area contributed by atoms with E-state index < -0.39 is 5.41 Å². The Labute approximate surface area is 162 Å². The molecule has 0 radical (unpaired) electrons. The first kappa shape index (κ1) is 19.0. The van der Waals surface area contributed by atoms with Crippen molar-refractivity contribution >= 4 is 34.8 Å². The van der Waals surface area contributed by atoms with E-state index in [0.29, 0.717) is 40.7 Å². The van der Waals surface area contributed by atoms with Gasteiger partial charge in [-0.2, -0.15) is 0 Å². The molecule has 2 aromatic carbocycles. The van der Waals surface area contributed by atoms with Crippen LogP contribution in [0.1, 0.15) is 18.4 Å². The molecule has 0 atom stereocenters. The zero-order valence-corrected chi connectivity index (χ0v) is 16.1. The number of anilines is 2. The van der Waals surface area contributed by atoms with Gasteiger partial charge in [0.2, 0.25) is 11.8 Å². The van der Waals surface area contributed by atoms with E-state index in [-0.39, 0.29) is 11.8 Å². The van der Waals surface area contributed by atoms with Crippen molar-refractivity contribution < 1.29 is 19.1 Å². The van der Waals surface area contributed by atoms with Crippen LogP contribution in [0.2, 0.25) is 5.02 Å². The average molecular weight is 389 g/mol. The van der Waals surface area contributed by atoms with E-state index in [2.05, 4.69) is 10.6 Å². The highest BCUT2D eigenvalue weighted by Crippen LogP contribution is 2.48. The highest BCUT2D eigenvalue weighted by molar-refractivity contribution is 6.31. The molecule has 2 N–H and O–H groups in total. The van der Waals surface area contributed by atoms with Crippen molar-refractivity contribution in [3.05, 3.63) is 47.0 Å². The molecular formula is C20H21ClN2O4. The molecule has 2 aromatic rings. The van der Waals surface area contributed by atoms with Crippen LogP contribution in [0.5, 0.6) is 11.5 Å². The molecule has 1 aliphatic carbocycles. The van der Waals surface area contributed by atoms with Crippen LogP contribution in [0.25, 0.3) is 0 Å². The summed E-state index contributed by atoms with van der Waals surface area (Å²) in [5.41, 5.74) is 0.846. The molecule has 0 heterocycles. The second kappa shape index (κ2) is 7.48. The van der Waals surface area contributed by atoms with Crippen molar-refractivity contribution in [1.29, 1.82) is 0 Å². The highest BCUT2D eigenvalue weighted by atomic mass is 35.5. The zero-order valence-electron chi connectivity index (χ0n) is 15.4. The van der Waals surface area contributed by atoms with Crippen LogP contribution in [-0.2, 0) is 9.59 Å². The maximum Gasteiger partial charge on any atom is 0.240 e. The van der Waals surface area contributed by atoms with Crippen LogP contribution in [0.15, 0.2) is 36.4 Å². The maximum absolute atomic E-state index is 12.8. The molecular weight excluding hydrogens is 368 g/mol. The second-order valence-electron chi connectivity index (χ2n) is 6.47. The van der Waals surface area contributed by atoms with Gasteiger partial charge in [0.05, 0.1) is 14.2 Å². The van der Waals surface area contributed by atoms with Gasteiger partial charge in [0, 0.05) is 22.5 Å². The van der Waals surface area contributed by atoms with Gasteiger partial charge in [0.1, 0.15) is 5.41 Å². The predicted octanol–water partition coefficient (Wildman–Crippen LogP) is 4.02. The summed E-state index contributed by atoms with van der Waals surface area (Å²) < 4.78 is 10.4. The molecule has 0 aromatic heterocycles. The van der Waals surface area contributed by atoms with Gasteiger partial charge in [-0.05, 0) is 49.6 Å². The molecule has 6 nitrogen and oxygen atoms in total. The lowest BCUT2D eigenvalue weighted by Crippen LogP contribution is -2.35. The van der Waals surface area contributed by atoms with Crippen LogP contribution >= 0.6 is 11.6 Å². The van der Waals surface area contributed by atoms with E-state index in [9.17, 15) is 9.59 Å². The number of amides is 2. The fraction of sp³-hybridized carbons (Fsp3) is 0.300. The van der Waals surface area contributed by atoms with Crippen LogP contribution in [0, 0.1) is 12.3 Å². The number of ether oxygens (including phenoxy) is 2. The molecule has 2 amide bonds. The molecule has 1 saturated carbocycles. The summed E-state index contributed by atoms with van der Waals surface area (Å²) in [6.07, 6.45) is 0.995. The van der Waals surface area contributed by atoms with Crippen LogP contribution in [-0.4, -0.2) is 26.0 Å². The molecule has 0 spiro atoms. The van der Waals surface area contributed by atoms with Crippen LogP contribution in [0.3, 0.4) is 0 Å². The number of hydrogen-bond donors (Lipinski definition) is 2. The lowest BCUT2D eigenvalue weighted by Gasteiger charge is -2.17. The summed E-state index contributed by atoms with van der Waals surface area (Å²) in [4.78, 5) is 25.5. The van der Waals surface area contributed by atoms with Crippen molar-refractivity contribution in [2.45, 2.75) is 19.8 Å². The normalized spacial score (nSPS) is 14.2. The lowest BCUT2D eigenvalue weighted by molar-refractivity contribution is -0.131. The standard InChI is InChI=1S/C20H21ClN2O4/c1-12-14(21)5-4-6-15(12)23-19(25)20(9-10-20)18(24)22-13-7-8-16(26-2)17(11-13)27-3/h4-8,11H,9-10H2,1-3H3,(H,22,24)(H,23,25). The Morgan fingerprint density at radius 3 is 2.30 bits per heavy atom. The van der Waals surface area contributed by atoms with E-state index in [1.807, 2.05) is 6.92 Å². The smallest absolute Gasteiger partial charge is 0.240 e. The third-order valence-corrected chi connectivity index (χ3v) is 5.19. The van der Waals surface area contributed by atoms with Gasteiger partial charge < -0.3 is 20.1 Å². The molecule has 0 bridgehead atoms. The summed E-state index contributed by atoms with van der Waals surface area (Å²) in [5.74, 6) is 0.391. The minimum absolute atomic E-state index is 0.328. The molecule has 7 heteroatoms. The average Bonchev–Trinajstić information content (AvgIpc) is 3.47. The van der Waals surface area contributed by atoms with Gasteiger partial charge in [-0.15, -0.1) is 0 Å². The number of benzene rings is 2. The predicted molar refractivity (Wildman–Crippen MR) is 105 cm³/mol. The Bertz CT molecular complexity index is 894. The fourth-order valence-corrected chi connectivity index (χ4v) is 3.01. The van der Waals surface area contributed by atoms with Crippen molar-refractivity contribution in [2.75, 3.05) is 24.9 Å². The van der Waals surface area contributed by atoms with E-state index in [4.69, 9.17) is 21.1 Å². The number of hydrogen-bond acceptors (Lipinski definition) is 4. The van der Waals surface area contributed by atoms with Gasteiger partial charge in [-0.1, -0.05) is 17.7 Å². The van der Waals surface area contributed by atoms with Crippen molar-refractivity contribution in [3.8, 4) is 11.5 Å². The van der Waals surface area contributed by atoms with Crippen molar-refractivity contribution in [1.82, 2.24) is 0 Å². The summed E-state index contributed by atoms with van der Waals surface area (Å²) in [7, 11) is 3.06. The monoisotopic (exact) mass is 388 g/mol. The van der Waals surface area contributed by atoms with Gasteiger partial charge in [-0.3, -0.25) is 9.59 Å². The fourth-order valence-electron chi connectivity index (χ4n) is 2.83. The van der Waals surface area contributed by atoms with Gasteiger partial charge in [-0.25, -0.2) is 0 Å². The Hall–Kier alpha value is -2.73. The quantitative estimate of drug-likeness (QED) is 0.732. The first-order valence-electron chi connectivity index (χ1n) is 8.51. The first-order valence-corrected chi connectivity index (χ1v) is 8.89. The second-order valence-corrected chi connectivity index (χ2v) is 6.88. The topological polar surface area (TPSA) is 76.7 Å². The molecule has 0 unspecified atom stereocenters. The van der Waals surface area contributed by atoms with Gasteiger partial charge >= 0.3 is 0 Å². The molecule has 0 aliphatic heterocycles. The third kappa shape index (κ3) is 3.71. The van der Waals surface area contributed by atoms with Crippen molar-refractivity contribution in [3.63, 3.8) is 0 Å². The van der Waals surface area contributed by atoms with E-state index in [1.54, 1.807) is 36.4 Å². The van der Waals surface area contributed by atoms with Gasteiger partial charge in [0.15, 0.2) is 11.5 Å². The zero-order chi connectivity index (χ0) is 19.6. The number of rotatable bonds is 6. The number of halogens is 1. The number of carbonyl (C=O) groups excluding carboxylic acids is 2. The van der Waals surface area contributed by atoms with Crippen LogP contribution < -0.4 is 20.1 Å². The van der Waals surface area contributed by atoms with Crippen molar-refractivity contribution in [2.24, 2.45) is 5.41 Å². The third-order valence-electron chi connectivity index (χ3n) is 4.78. The molecule has 0 saturated heterocycles. The number of methoxy groups -OCH3 is 2. The number of nitrogens with one attached hydrogen (secondary N) is 2. The maximum atomic E-state index is 12.8. The number of carbonyl (C=O) groups is 2. The largest absolute Gasteiger partial charge is 0.493 e. The molecule has 142 valence electrons. The molecule has 1 aliphatic rings. The summed E-state index contributed by atoms with van der Waals surface area (Å²) >= 11 is 6.10. The minimum atomic E-state index is -1.07. The summed E-state index contributed by atoms with van der Waals surface area (Å²) in [6.45, 7) is 1.82. The molecule has 3 rings (SSSR count). The first-order chi connectivity index (χ1) is 12.9. The Morgan fingerprint density at radius 2 is 1.67 bits per heavy atom. The molecule has 27 heavy (non-hydrogen) atoms. The molecule has 1 fully saturated rings. The van der Waals surface area contributed by atoms with Gasteiger partial charge in [0.25, 0.3) is 0 Å². The van der Waals surface area contributed by atoms with E-state index in [1.165, 1.54) is 14.2 Å². The summed E-state index contributed by atoms with van der Waals surface area (Å²) in [6, 6.07) is 10.3. The minimum Gasteiger partial charge on any atom is -0.493 e.